The maximum Gasteiger partial charge on any atom is 0.283 e. The number of fused-ring (bicyclic) bond motifs is 2. The zero-order valence-electron chi connectivity index (χ0n) is 16.3. The minimum atomic E-state index is -3.80. The van der Waals surface area contributed by atoms with E-state index in [1.54, 1.807) is 60.0 Å². The third kappa shape index (κ3) is 3.22. The second-order valence-corrected chi connectivity index (χ2v) is 8.53. The molecule has 1 N–H and O–H groups in total. The van der Waals surface area contributed by atoms with Crippen molar-refractivity contribution in [3.8, 4) is 5.69 Å². The first-order valence-corrected chi connectivity index (χ1v) is 10.8. The highest BCUT2D eigenvalue weighted by atomic mass is 32.2. The fraction of sp³-hybridized carbons (Fsp3) is 0.0476. The Morgan fingerprint density at radius 2 is 1.68 bits per heavy atom. The van der Waals surface area contributed by atoms with Gasteiger partial charge in [-0.3, -0.25) is 14.1 Å². The highest BCUT2D eigenvalue weighted by Gasteiger charge is 2.18. The molecular formula is C21H16N6O3S. The maximum atomic E-state index is 12.8. The van der Waals surface area contributed by atoms with Crippen LogP contribution in [0.1, 0.15) is 5.82 Å². The summed E-state index contributed by atoms with van der Waals surface area (Å²) < 4.78 is 30.7. The topological polar surface area (TPSA) is 111 Å². The molecule has 5 aromatic rings. The van der Waals surface area contributed by atoms with Gasteiger partial charge in [-0.2, -0.15) is 4.52 Å². The van der Waals surface area contributed by atoms with Gasteiger partial charge in [-0.15, -0.1) is 5.10 Å². The zero-order valence-corrected chi connectivity index (χ0v) is 17.1. The number of rotatable bonds is 4. The number of nitrogens with one attached hydrogen (secondary N) is 1. The minimum Gasteiger partial charge on any atom is -0.267 e. The summed E-state index contributed by atoms with van der Waals surface area (Å²) in [4.78, 5) is 21.5. The molecule has 5 rings (SSSR count). The summed E-state index contributed by atoms with van der Waals surface area (Å²) in [6.45, 7) is 1.76. The number of nitrogens with zero attached hydrogens (tertiary/aromatic N) is 5. The van der Waals surface area contributed by atoms with Crippen molar-refractivity contribution < 1.29 is 8.42 Å². The standard InChI is InChI=1S/C21H16N6O3S/c1-14-24-27-20(28)17-6-2-3-7-18(17)23-21(27)26(14)15-9-11-16(12-10-15)31(29,30)25-19-8-4-5-13-22-19/h2-13H,1H3,(H,22,25). The van der Waals surface area contributed by atoms with Gasteiger partial charge in [0.15, 0.2) is 0 Å². The number of benzene rings is 2. The zero-order chi connectivity index (χ0) is 21.6. The van der Waals surface area contributed by atoms with Crippen LogP contribution in [0.3, 0.4) is 0 Å². The van der Waals surface area contributed by atoms with Gasteiger partial charge < -0.3 is 0 Å². The summed E-state index contributed by atoms with van der Waals surface area (Å²) in [5.41, 5.74) is 0.931. The third-order valence-corrected chi connectivity index (χ3v) is 6.18. The molecule has 3 aromatic heterocycles. The first-order chi connectivity index (χ1) is 14.9. The molecule has 10 heteroatoms. The predicted octanol–water partition coefficient (Wildman–Crippen LogP) is 2.54. The van der Waals surface area contributed by atoms with Crippen LogP contribution in [-0.4, -0.2) is 32.6 Å². The van der Waals surface area contributed by atoms with Crippen molar-refractivity contribution in [2.75, 3.05) is 4.72 Å². The molecule has 154 valence electrons. The van der Waals surface area contributed by atoms with E-state index in [2.05, 4.69) is 19.8 Å². The van der Waals surface area contributed by atoms with Gasteiger partial charge in [0.2, 0.25) is 5.78 Å². The van der Waals surface area contributed by atoms with Crippen molar-refractivity contribution in [2.24, 2.45) is 0 Å². The Kier molecular flexibility index (Phi) is 4.29. The lowest BCUT2D eigenvalue weighted by molar-refractivity contribution is 0.601. The van der Waals surface area contributed by atoms with Crippen molar-refractivity contribution >= 4 is 32.5 Å². The molecule has 31 heavy (non-hydrogen) atoms. The van der Waals surface area contributed by atoms with Crippen molar-refractivity contribution in [1.29, 1.82) is 0 Å². The number of para-hydroxylation sites is 1. The van der Waals surface area contributed by atoms with Gasteiger partial charge in [0.05, 0.1) is 21.5 Å². The molecular weight excluding hydrogens is 416 g/mol. The molecule has 0 aliphatic carbocycles. The van der Waals surface area contributed by atoms with Crippen molar-refractivity contribution in [1.82, 2.24) is 24.1 Å². The van der Waals surface area contributed by atoms with Crippen molar-refractivity contribution in [2.45, 2.75) is 11.8 Å². The second kappa shape index (κ2) is 7.03. The van der Waals surface area contributed by atoms with E-state index in [9.17, 15) is 13.2 Å². The van der Waals surface area contributed by atoms with Gasteiger partial charge >= 0.3 is 0 Å². The number of anilines is 1. The molecule has 0 radical (unpaired) electrons. The van der Waals surface area contributed by atoms with Gasteiger partial charge in [0.25, 0.3) is 15.6 Å². The Balaban J connectivity index is 1.59. The second-order valence-electron chi connectivity index (χ2n) is 6.84. The van der Waals surface area contributed by atoms with E-state index in [4.69, 9.17) is 0 Å². The minimum absolute atomic E-state index is 0.0829. The van der Waals surface area contributed by atoms with Gasteiger partial charge in [-0.25, -0.2) is 18.4 Å². The quantitative estimate of drug-likeness (QED) is 0.467. The number of hydrogen-bond donors (Lipinski definition) is 1. The summed E-state index contributed by atoms with van der Waals surface area (Å²) in [6.07, 6.45) is 1.51. The highest BCUT2D eigenvalue weighted by molar-refractivity contribution is 7.92. The van der Waals surface area contributed by atoms with Crippen LogP contribution in [0.25, 0.3) is 22.4 Å². The lowest BCUT2D eigenvalue weighted by Gasteiger charge is -2.09. The smallest absolute Gasteiger partial charge is 0.267 e. The molecule has 0 saturated heterocycles. The molecule has 0 saturated carbocycles. The maximum absolute atomic E-state index is 12.8. The molecule has 0 aliphatic heterocycles. The molecule has 0 amide bonds. The number of pyridine rings is 1. The lowest BCUT2D eigenvalue weighted by Crippen LogP contribution is -2.16. The summed E-state index contributed by atoms with van der Waals surface area (Å²) in [6, 6.07) is 18.3. The largest absolute Gasteiger partial charge is 0.283 e. The third-order valence-electron chi connectivity index (χ3n) is 4.81. The van der Waals surface area contributed by atoms with E-state index in [0.717, 1.165) is 0 Å². The van der Waals surface area contributed by atoms with Crippen LogP contribution in [0.5, 0.6) is 0 Å². The van der Waals surface area contributed by atoms with Gasteiger partial charge in [0, 0.05) is 6.20 Å². The van der Waals surface area contributed by atoms with Crippen LogP contribution in [0.15, 0.2) is 82.6 Å². The van der Waals surface area contributed by atoms with Gasteiger partial charge in [0.1, 0.15) is 11.6 Å². The van der Waals surface area contributed by atoms with Crippen LogP contribution in [0, 0.1) is 6.92 Å². The van der Waals surface area contributed by atoms with E-state index in [1.807, 2.05) is 6.07 Å². The highest BCUT2D eigenvalue weighted by Crippen LogP contribution is 2.20. The lowest BCUT2D eigenvalue weighted by atomic mass is 10.2. The number of aryl methyl sites for hydroxylation is 1. The molecule has 0 atom stereocenters. The molecule has 0 aliphatic rings. The first kappa shape index (κ1) is 18.9. The average molecular weight is 432 g/mol. The average Bonchev–Trinajstić information content (AvgIpc) is 3.10. The summed E-state index contributed by atoms with van der Waals surface area (Å²) in [7, 11) is -3.80. The fourth-order valence-corrected chi connectivity index (χ4v) is 4.39. The van der Waals surface area contributed by atoms with Crippen LogP contribution < -0.4 is 10.3 Å². The predicted molar refractivity (Wildman–Crippen MR) is 116 cm³/mol. The Morgan fingerprint density at radius 1 is 0.935 bits per heavy atom. The van der Waals surface area contributed by atoms with E-state index in [-0.39, 0.29) is 16.3 Å². The molecule has 3 heterocycles. The Hall–Kier alpha value is -4.05. The van der Waals surface area contributed by atoms with Crippen LogP contribution >= 0.6 is 0 Å². The van der Waals surface area contributed by atoms with Crippen molar-refractivity contribution in [3.63, 3.8) is 0 Å². The normalized spacial score (nSPS) is 11.8. The van der Waals surface area contributed by atoms with E-state index >= 15 is 0 Å². The Bertz CT molecular complexity index is 1590. The number of sulfonamides is 1. The molecule has 2 aromatic carbocycles. The van der Waals surface area contributed by atoms with Crippen LogP contribution in [-0.2, 0) is 10.0 Å². The summed E-state index contributed by atoms with van der Waals surface area (Å²) in [5, 5.41) is 4.81. The first-order valence-electron chi connectivity index (χ1n) is 9.35. The summed E-state index contributed by atoms with van der Waals surface area (Å²) in [5.74, 6) is 1.13. The molecule has 0 fully saturated rings. The van der Waals surface area contributed by atoms with Gasteiger partial charge in [-0.1, -0.05) is 18.2 Å². The molecule has 0 spiro atoms. The number of hydrogen-bond acceptors (Lipinski definition) is 6. The van der Waals surface area contributed by atoms with E-state index < -0.39 is 10.0 Å². The molecule has 9 nitrogen and oxygen atoms in total. The fourth-order valence-electron chi connectivity index (χ4n) is 3.38. The van der Waals surface area contributed by atoms with Crippen LogP contribution in [0.2, 0.25) is 0 Å². The van der Waals surface area contributed by atoms with E-state index in [0.29, 0.717) is 28.2 Å². The van der Waals surface area contributed by atoms with Crippen LogP contribution in [0.4, 0.5) is 5.82 Å². The molecule has 0 unspecified atom stereocenters. The monoisotopic (exact) mass is 432 g/mol. The summed E-state index contributed by atoms with van der Waals surface area (Å²) >= 11 is 0. The Morgan fingerprint density at radius 3 is 2.42 bits per heavy atom. The van der Waals surface area contributed by atoms with Gasteiger partial charge in [-0.05, 0) is 55.5 Å². The SMILES string of the molecule is Cc1nn2c(=O)c3ccccc3nc2n1-c1ccc(S(=O)(=O)Nc2ccccn2)cc1. The Labute approximate surface area is 176 Å². The van der Waals surface area contributed by atoms with Crippen molar-refractivity contribution in [3.05, 3.63) is 89.1 Å². The molecule has 0 bridgehead atoms. The van der Waals surface area contributed by atoms with E-state index in [1.165, 1.54) is 22.8 Å². The number of aromatic nitrogens is 5.